The van der Waals surface area contributed by atoms with Gasteiger partial charge >= 0.3 is 10.1 Å². The van der Waals surface area contributed by atoms with Gasteiger partial charge in [0.05, 0.1) is 13.7 Å². The summed E-state index contributed by atoms with van der Waals surface area (Å²) in [5, 5.41) is 0. The molecule has 5 nitrogen and oxygen atoms in total. The summed E-state index contributed by atoms with van der Waals surface area (Å²) in [5.41, 5.74) is 0.993. The third-order valence-electron chi connectivity index (χ3n) is 3.14. The highest BCUT2D eigenvalue weighted by Crippen LogP contribution is 2.24. The van der Waals surface area contributed by atoms with Gasteiger partial charge in [-0.15, -0.1) is 0 Å². The van der Waals surface area contributed by atoms with E-state index < -0.39 is 15.9 Å². The Balaban J connectivity index is 2.16. The second kappa shape index (κ2) is 7.43. The Morgan fingerprint density at radius 2 is 1.74 bits per heavy atom. The SMILES string of the molecule is COCCc1ccc(OS(=O)(=O)c2ccc(OC)c(F)c2)cc1. The van der Waals surface area contributed by atoms with Crippen LogP contribution >= 0.6 is 0 Å². The summed E-state index contributed by atoms with van der Waals surface area (Å²) in [5.74, 6) is -0.652. The molecule has 0 saturated carbocycles. The lowest BCUT2D eigenvalue weighted by molar-refractivity contribution is 0.202. The zero-order valence-corrected chi connectivity index (χ0v) is 13.6. The third kappa shape index (κ3) is 4.43. The second-order valence-electron chi connectivity index (χ2n) is 4.72. The maximum Gasteiger partial charge on any atom is 0.339 e. The van der Waals surface area contributed by atoms with Crippen LogP contribution in [-0.2, 0) is 21.3 Å². The highest BCUT2D eigenvalue weighted by atomic mass is 32.2. The first kappa shape index (κ1) is 17.2. The van der Waals surface area contributed by atoms with Crippen LogP contribution in [0.4, 0.5) is 4.39 Å². The topological polar surface area (TPSA) is 61.8 Å². The van der Waals surface area contributed by atoms with Gasteiger partial charge in [0.1, 0.15) is 10.6 Å². The van der Waals surface area contributed by atoms with Crippen LogP contribution in [0.15, 0.2) is 47.4 Å². The van der Waals surface area contributed by atoms with Crippen molar-refractivity contribution in [3.63, 3.8) is 0 Å². The van der Waals surface area contributed by atoms with Crippen molar-refractivity contribution in [2.75, 3.05) is 20.8 Å². The number of hydrogen-bond acceptors (Lipinski definition) is 5. The van der Waals surface area contributed by atoms with Crippen molar-refractivity contribution >= 4 is 10.1 Å². The molecule has 0 fully saturated rings. The van der Waals surface area contributed by atoms with E-state index in [0.717, 1.165) is 11.6 Å². The quantitative estimate of drug-likeness (QED) is 0.725. The molecule has 2 rings (SSSR count). The van der Waals surface area contributed by atoms with Crippen molar-refractivity contribution in [2.24, 2.45) is 0 Å². The smallest absolute Gasteiger partial charge is 0.339 e. The van der Waals surface area contributed by atoms with E-state index in [1.54, 1.807) is 31.4 Å². The van der Waals surface area contributed by atoms with Crippen LogP contribution in [-0.4, -0.2) is 29.2 Å². The number of methoxy groups -OCH3 is 2. The second-order valence-corrected chi connectivity index (χ2v) is 6.27. The Morgan fingerprint density at radius 1 is 1.04 bits per heavy atom. The predicted octanol–water partition coefficient (Wildman–Crippen LogP) is 2.79. The molecule has 0 saturated heterocycles. The van der Waals surface area contributed by atoms with Gasteiger partial charge < -0.3 is 13.7 Å². The van der Waals surface area contributed by atoms with Gasteiger partial charge in [-0.3, -0.25) is 0 Å². The largest absolute Gasteiger partial charge is 0.494 e. The summed E-state index contributed by atoms with van der Waals surface area (Å²) >= 11 is 0. The molecule has 0 N–H and O–H groups in total. The van der Waals surface area contributed by atoms with E-state index in [0.29, 0.717) is 13.0 Å². The molecule has 0 heterocycles. The molecule has 0 aromatic heterocycles. The monoisotopic (exact) mass is 340 g/mol. The molecule has 0 spiro atoms. The van der Waals surface area contributed by atoms with E-state index >= 15 is 0 Å². The fourth-order valence-electron chi connectivity index (χ4n) is 1.91. The summed E-state index contributed by atoms with van der Waals surface area (Å²) in [6, 6.07) is 9.91. The van der Waals surface area contributed by atoms with E-state index in [9.17, 15) is 12.8 Å². The third-order valence-corrected chi connectivity index (χ3v) is 4.38. The lowest BCUT2D eigenvalue weighted by Crippen LogP contribution is -2.10. The first-order chi connectivity index (χ1) is 11.0. The Morgan fingerprint density at radius 3 is 2.30 bits per heavy atom. The minimum Gasteiger partial charge on any atom is -0.494 e. The van der Waals surface area contributed by atoms with Crippen LogP contribution in [0, 0.1) is 5.82 Å². The zero-order chi connectivity index (χ0) is 16.9. The molecule has 0 aliphatic heterocycles. The Hall–Kier alpha value is -2.12. The Bertz CT molecular complexity index is 757. The minimum atomic E-state index is -4.11. The first-order valence-electron chi connectivity index (χ1n) is 6.82. The molecule has 2 aromatic carbocycles. The molecule has 0 aliphatic rings. The van der Waals surface area contributed by atoms with Gasteiger partial charge in [0.15, 0.2) is 11.6 Å². The maximum atomic E-state index is 13.6. The van der Waals surface area contributed by atoms with E-state index in [4.69, 9.17) is 13.7 Å². The van der Waals surface area contributed by atoms with Crippen LogP contribution in [0.25, 0.3) is 0 Å². The fourth-order valence-corrected chi connectivity index (χ4v) is 2.85. The normalized spacial score (nSPS) is 11.3. The van der Waals surface area contributed by atoms with Gasteiger partial charge in [-0.05, 0) is 42.3 Å². The van der Waals surface area contributed by atoms with Crippen LogP contribution < -0.4 is 8.92 Å². The average Bonchev–Trinajstić information content (AvgIpc) is 2.54. The Labute approximate surface area is 134 Å². The Kier molecular flexibility index (Phi) is 5.57. The van der Waals surface area contributed by atoms with Crippen LogP contribution in [0.3, 0.4) is 0 Å². The lowest BCUT2D eigenvalue weighted by Gasteiger charge is -2.09. The molecule has 2 aromatic rings. The molecule has 0 amide bonds. The van der Waals surface area contributed by atoms with Crippen LogP contribution in [0.5, 0.6) is 11.5 Å². The van der Waals surface area contributed by atoms with E-state index in [1.807, 2.05) is 0 Å². The summed E-state index contributed by atoms with van der Waals surface area (Å²) in [4.78, 5) is -0.278. The molecular formula is C16H17FO5S. The summed E-state index contributed by atoms with van der Waals surface area (Å²) in [6.45, 7) is 0.573. The molecule has 23 heavy (non-hydrogen) atoms. The van der Waals surface area contributed by atoms with Crippen molar-refractivity contribution in [1.29, 1.82) is 0 Å². The van der Waals surface area contributed by atoms with Crippen molar-refractivity contribution < 1.29 is 26.5 Å². The first-order valence-corrected chi connectivity index (χ1v) is 8.23. The van der Waals surface area contributed by atoms with E-state index in [1.165, 1.54) is 19.2 Å². The van der Waals surface area contributed by atoms with Crippen molar-refractivity contribution in [2.45, 2.75) is 11.3 Å². The lowest BCUT2D eigenvalue weighted by atomic mass is 10.1. The fraction of sp³-hybridized carbons (Fsp3) is 0.250. The van der Waals surface area contributed by atoms with Crippen LogP contribution in [0.2, 0.25) is 0 Å². The molecule has 0 aliphatic carbocycles. The van der Waals surface area contributed by atoms with Gasteiger partial charge in [-0.25, -0.2) is 4.39 Å². The van der Waals surface area contributed by atoms with Gasteiger partial charge in [0.2, 0.25) is 0 Å². The molecule has 0 bridgehead atoms. The van der Waals surface area contributed by atoms with Gasteiger partial charge in [0.25, 0.3) is 0 Å². The van der Waals surface area contributed by atoms with Crippen LogP contribution in [0.1, 0.15) is 5.56 Å². The molecule has 0 unspecified atom stereocenters. The highest BCUT2D eigenvalue weighted by molar-refractivity contribution is 7.87. The van der Waals surface area contributed by atoms with Crippen molar-refractivity contribution in [3.05, 3.63) is 53.8 Å². The van der Waals surface area contributed by atoms with E-state index in [2.05, 4.69) is 0 Å². The van der Waals surface area contributed by atoms with Crippen molar-refractivity contribution in [1.82, 2.24) is 0 Å². The number of halogens is 1. The zero-order valence-electron chi connectivity index (χ0n) is 12.8. The molecular weight excluding hydrogens is 323 g/mol. The minimum absolute atomic E-state index is 0.0357. The summed E-state index contributed by atoms with van der Waals surface area (Å²) in [7, 11) is -1.20. The maximum absolute atomic E-state index is 13.6. The standard InChI is InChI=1S/C16H17FO5S/c1-20-10-9-12-3-5-13(6-4-12)22-23(18,19)14-7-8-16(21-2)15(17)11-14/h3-8,11H,9-10H2,1-2H3. The summed E-state index contributed by atoms with van der Waals surface area (Å²) in [6.07, 6.45) is 0.715. The highest BCUT2D eigenvalue weighted by Gasteiger charge is 2.19. The van der Waals surface area contributed by atoms with Gasteiger partial charge in [-0.2, -0.15) is 8.42 Å². The molecule has 0 atom stereocenters. The molecule has 0 radical (unpaired) electrons. The number of ether oxygens (including phenoxy) is 2. The predicted molar refractivity (Wildman–Crippen MR) is 82.8 cm³/mol. The van der Waals surface area contributed by atoms with E-state index in [-0.39, 0.29) is 16.4 Å². The molecule has 124 valence electrons. The van der Waals surface area contributed by atoms with Gasteiger partial charge in [0, 0.05) is 7.11 Å². The molecule has 7 heteroatoms. The number of hydrogen-bond donors (Lipinski definition) is 0. The van der Waals surface area contributed by atoms with Gasteiger partial charge in [-0.1, -0.05) is 12.1 Å². The number of rotatable bonds is 7. The number of benzene rings is 2. The summed E-state index contributed by atoms with van der Waals surface area (Å²) < 4.78 is 52.7. The van der Waals surface area contributed by atoms with Crippen molar-refractivity contribution in [3.8, 4) is 11.5 Å². The average molecular weight is 340 g/mol.